The molecule has 0 bridgehead atoms. The Balaban J connectivity index is 2.03. The maximum Gasteiger partial charge on any atom is 0.262 e. The number of hydrogen-bond acceptors (Lipinski definition) is 4. The summed E-state index contributed by atoms with van der Waals surface area (Å²) in [5.41, 5.74) is 0.607. The standard InChI is InChI=1S/C15H22N4O2/c1-9(2)6-13-17-14-12(15(20)18-13)8-16-19(14)11-4-5-21-10(3)7-11/h8-11H,4-7H2,1-3H3,(H,17,18,20)/t10-,11?/m0/s1. The predicted octanol–water partition coefficient (Wildman–Crippen LogP) is 2.06. The minimum atomic E-state index is -0.0954. The second kappa shape index (κ2) is 5.60. The fourth-order valence-electron chi connectivity index (χ4n) is 2.93. The van der Waals surface area contributed by atoms with Crippen LogP contribution in [-0.4, -0.2) is 32.5 Å². The lowest BCUT2D eigenvalue weighted by molar-refractivity contribution is 0.00431. The normalized spacial score (nSPS) is 23.0. The molecular formula is C15H22N4O2. The highest BCUT2D eigenvalue weighted by Crippen LogP contribution is 2.26. The van der Waals surface area contributed by atoms with Gasteiger partial charge in [-0.2, -0.15) is 5.10 Å². The Kier molecular flexibility index (Phi) is 3.80. The zero-order valence-corrected chi connectivity index (χ0v) is 12.8. The van der Waals surface area contributed by atoms with Crippen molar-refractivity contribution in [3.63, 3.8) is 0 Å². The molecule has 0 saturated carbocycles. The monoisotopic (exact) mass is 290 g/mol. The van der Waals surface area contributed by atoms with Crippen molar-refractivity contribution >= 4 is 11.0 Å². The average Bonchev–Trinajstić information content (AvgIpc) is 2.82. The Hall–Kier alpha value is -1.69. The van der Waals surface area contributed by atoms with Gasteiger partial charge in [-0.25, -0.2) is 9.67 Å². The van der Waals surface area contributed by atoms with Crippen LogP contribution >= 0.6 is 0 Å². The highest BCUT2D eigenvalue weighted by Gasteiger charge is 2.24. The number of aromatic amines is 1. The molecule has 0 aromatic carbocycles. The van der Waals surface area contributed by atoms with Crippen molar-refractivity contribution in [2.75, 3.05) is 6.61 Å². The summed E-state index contributed by atoms with van der Waals surface area (Å²) < 4.78 is 7.50. The van der Waals surface area contributed by atoms with E-state index in [1.807, 2.05) is 4.68 Å². The number of H-pyrrole nitrogens is 1. The van der Waals surface area contributed by atoms with Crippen LogP contribution in [0.4, 0.5) is 0 Å². The number of rotatable bonds is 3. The van der Waals surface area contributed by atoms with Crippen molar-refractivity contribution in [3.05, 3.63) is 22.4 Å². The minimum Gasteiger partial charge on any atom is -0.378 e. The van der Waals surface area contributed by atoms with Crippen LogP contribution in [-0.2, 0) is 11.2 Å². The molecule has 3 heterocycles. The third kappa shape index (κ3) is 2.85. The van der Waals surface area contributed by atoms with Gasteiger partial charge in [0.05, 0.1) is 18.3 Å². The van der Waals surface area contributed by atoms with E-state index in [0.717, 1.165) is 31.7 Å². The Morgan fingerprint density at radius 2 is 2.33 bits per heavy atom. The molecule has 3 rings (SSSR count). The topological polar surface area (TPSA) is 72.8 Å². The second-order valence-corrected chi connectivity index (χ2v) is 6.30. The Morgan fingerprint density at radius 3 is 3.05 bits per heavy atom. The first-order valence-electron chi connectivity index (χ1n) is 7.62. The van der Waals surface area contributed by atoms with Gasteiger partial charge in [0, 0.05) is 13.0 Å². The zero-order valence-electron chi connectivity index (χ0n) is 12.8. The van der Waals surface area contributed by atoms with Crippen LogP contribution in [0, 0.1) is 5.92 Å². The molecule has 114 valence electrons. The Labute approximate surface area is 123 Å². The fraction of sp³-hybridized carbons (Fsp3) is 0.667. The molecule has 21 heavy (non-hydrogen) atoms. The van der Waals surface area contributed by atoms with Crippen molar-refractivity contribution < 1.29 is 4.74 Å². The molecule has 1 aliphatic heterocycles. The number of ether oxygens (including phenoxy) is 1. The number of aromatic nitrogens is 4. The lowest BCUT2D eigenvalue weighted by atomic mass is 10.0. The molecule has 1 N–H and O–H groups in total. The van der Waals surface area contributed by atoms with Crippen molar-refractivity contribution in [1.29, 1.82) is 0 Å². The fourth-order valence-corrected chi connectivity index (χ4v) is 2.93. The molecule has 6 heteroatoms. The molecule has 0 amide bonds. The molecular weight excluding hydrogens is 268 g/mol. The average molecular weight is 290 g/mol. The third-order valence-electron chi connectivity index (χ3n) is 3.92. The van der Waals surface area contributed by atoms with Gasteiger partial charge in [-0.15, -0.1) is 0 Å². The van der Waals surface area contributed by atoms with Gasteiger partial charge in [0.2, 0.25) is 0 Å². The molecule has 0 aliphatic carbocycles. The molecule has 6 nitrogen and oxygen atoms in total. The van der Waals surface area contributed by atoms with Crippen molar-refractivity contribution in [3.8, 4) is 0 Å². The van der Waals surface area contributed by atoms with Crippen LogP contribution in [0.5, 0.6) is 0 Å². The van der Waals surface area contributed by atoms with Crippen LogP contribution in [0.3, 0.4) is 0 Å². The summed E-state index contributed by atoms with van der Waals surface area (Å²) in [6.07, 6.45) is 4.43. The predicted molar refractivity (Wildman–Crippen MR) is 80.4 cm³/mol. The van der Waals surface area contributed by atoms with Gasteiger partial charge < -0.3 is 9.72 Å². The van der Waals surface area contributed by atoms with Crippen LogP contribution < -0.4 is 5.56 Å². The van der Waals surface area contributed by atoms with E-state index in [4.69, 9.17) is 4.74 Å². The number of fused-ring (bicyclic) bond motifs is 1. The summed E-state index contributed by atoms with van der Waals surface area (Å²) >= 11 is 0. The Morgan fingerprint density at radius 1 is 1.52 bits per heavy atom. The van der Waals surface area contributed by atoms with Gasteiger partial charge in [-0.05, 0) is 25.7 Å². The largest absolute Gasteiger partial charge is 0.378 e. The van der Waals surface area contributed by atoms with Crippen molar-refractivity contribution in [2.45, 2.75) is 52.2 Å². The minimum absolute atomic E-state index is 0.0954. The van der Waals surface area contributed by atoms with Crippen LogP contribution in [0.1, 0.15) is 45.5 Å². The first-order valence-corrected chi connectivity index (χ1v) is 7.62. The van der Waals surface area contributed by atoms with Gasteiger partial charge in [0.15, 0.2) is 5.65 Å². The van der Waals surface area contributed by atoms with Gasteiger partial charge in [0.1, 0.15) is 11.2 Å². The SMILES string of the molecule is CC(C)Cc1nc2c(cnn2C2CCO[C@@H](C)C2)c(=O)[nH]1. The van der Waals surface area contributed by atoms with E-state index in [9.17, 15) is 4.79 Å². The van der Waals surface area contributed by atoms with Gasteiger partial charge in [-0.1, -0.05) is 13.8 Å². The molecule has 1 unspecified atom stereocenters. The quantitative estimate of drug-likeness (QED) is 0.939. The molecule has 2 aromatic heterocycles. The van der Waals surface area contributed by atoms with E-state index in [1.165, 1.54) is 0 Å². The molecule has 1 saturated heterocycles. The van der Waals surface area contributed by atoms with E-state index in [2.05, 4.69) is 35.8 Å². The van der Waals surface area contributed by atoms with E-state index in [0.29, 0.717) is 17.0 Å². The summed E-state index contributed by atoms with van der Waals surface area (Å²) in [6, 6.07) is 0.257. The highest BCUT2D eigenvalue weighted by molar-refractivity contribution is 5.73. The molecule has 1 fully saturated rings. The smallest absolute Gasteiger partial charge is 0.262 e. The van der Waals surface area contributed by atoms with Crippen molar-refractivity contribution in [2.24, 2.45) is 5.92 Å². The van der Waals surface area contributed by atoms with Crippen LogP contribution in [0.2, 0.25) is 0 Å². The second-order valence-electron chi connectivity index (χ2n) is 6.30. The lowest BCUT2D eigenvalue weighted by Gasteiger charge is -2.27. The van der Waals surface area contributed by atoms with Crippen molar-refractivity contribution in [1.82, 2.24) is 19.7 Å². The maximum absolute atomic E-state index is 12.2. The highest BCUT2D eigenvalue weighted by atomic mass is 16.5. The van der Waals surface area contributed by atoms with E-state index in [1.54, 1.807) is 6.20 Å². The first kappa shape index (κ1) is 14.3. The lowest BCUT2D eigenvalue weighted by Crippen LogP contribution is -2.26. The molecule has 2 atom stereocenters. The molecule has 2 aromatic rings. The zero-order chi connectivity index (χ0) is 15.0. The third-order valence-corrected chi connectivity index (χ3v) is 3.92. The van der Waals surface area contributed by atoms with E-state index in [-0.39, 0.29) is 17.7 Å². The number of hydrogen-bond donors (Lipinski definition) is 1. The van der Waals surface area contributed by atoms with Crippen LogP contribution in [0.25, 0.3) is 11.0 Å². The summed E-state index contributed by atoms with van der Waals surface area (Å²) in [4.78, 5) is 19.7. The number of nitrogens with zero attached hydrogens (tertiary/aromatic N) is 3. The molecule has 0 radical (unpaired) electrons. The first-order chi connectivity index (χ1) is 10.0. The maximum atomic E-state index is 12.2. The molecule has 1 aliphatic rings. The summed E-state index contributed by atoms with van der Waals surface area (Å²) in [5.74, 6) is 1.19. The van der Waals surface area contributed by atoms with Crippen LogP contribution in [0.15, 0.2) is 11.0 Å². The van der Waals surface area contributed by atoms with E-state index < -0.39 is 0 Å². The van der Waals surface area contributed by atoms with E-state index >= 15 is 0 Å². The summed E-state index contributed by atoms with van der Waals surface area (Å²) in [5, 5.41) is 4.98. The van der Waals surface area contributed by atoms with Gasteiger partial charge >= 0.3 is 0 Å². The summed E-state index contributed by atoms with van der Waals surface area (Å²) in [6.45, 7) is 7.03. The summed E-state index contributed by atoms with van der Waals surface area (Å²) in [7, 11) is 0. The van der Waals surface area contributed by atoms with Gasteiger partial charge in [-0.3, -0.25) is 4.79 Å². The Bertz CT molecular complexity index is 689. The number of nitrogens with one attached hydrogen (secondary N) is 1. The molecule has 0 spiro atoms. The van der Waals surface area contributed by atoms with Gasteiger partial charge in [0.25, 0.3) is 5.56 Å².